The van der Waals surface area contributed by atoms with Gasteiger partial charge in [-0.3, -0.25) is 0 Å². The minimum absolute atomic E-state index is 0. The summed E-state index contributed by atoms with van der Waals surface area (Å²) in [5.41, 5.74) is 0.820. The molecule has 1 saturated carbocycles. The summed E-state index contributed by atoms with van der Waals surface area (Å²) in [4.78, 5) is 11.8. The highest BCUT2D eigenvalue weighted by Crippen LogP contribution is 2.20. The Labute approximate surface area is 145 Å². The standard InChI is InChI=1S/C14H20N2O2.C3H8.C2H6.2H2/c1-18-13-9-7-12(8-10-13)16-14(17)15-11-5-3-2-4-6-11;1-3-2;1-2;;/h2-6,12-13H,7-10H2,1H3,(H2,15,16,17);3H2,1-2H3;1-2H3;2*1H. The molecule has 0 bridgehead atoms. The number of carbonyl (C=O) groups excluding carboxylic acids is 1. The maximum absolute atomic E-state index is 11.8. The minimum Gasteiger partial charge on any atom is -0.381 e. The molecule has 0 radical (unpaired) electrons. The number of anilines is 1. The normalized spacial score (nSPS) is 19.3. The molecule has 1 aliphatic carbocycles. The third kappa shape index (κ3) is 9.95. The average molecular weight is 327 g/mol. The van der Waals surface area contributed by atoms with Crippen molar-refractivity contribution in [2.45, 2.75) is 71.9 Å². The van der Waals surface area contributed by atoms with Crippen LogP contribution in [0.5, 0.6) is 0 Å². The summed E-state index contributed by atoms with van der Waals surface area (Å²) in [5, 5.41) is 5.84. The molecule has 0 unspecified atom stereocenters. The van der Waals surface area contributed by atoms with Crippen LogP contribution in [0.3, 0.4) is 0 Å². The van der Waals surface area contributed by atoms with Gasteiger partial charge in [-0.15, -0.1) is 0 Å². The van der Waals surface area contributed by atoms with Gasteiger partial charge < -0.3 is 15.4 Å². The molecule has 1 aromatic carbocycles. The molecule has 0 aromatic heterocycles. The summed E-state index contributed by atoms with van der Waals surface area (Å²) < 4.78 is 5.31. The molecule has 1 aromatic rings. The van der Waals surface area contributed by atoms with E-state index in [9.17, 15) is 4.79 Å². The molecule has 23 heavy (non-hydrogen) atoms. The Balaban J connectivity index is -0.000000627. The van der Waals surface area contributed by atoms with E-state index in [4.69, 9.17) is 4.74 Å². The number of methoxy groups -OCH3 is 1. The number of hydrogen-bond acceptors (Lipinski definition) is 2. The summed E-state index contributed by atoms with van der Waals surface area (Å²) in [6.07, 6.45) is 5.63. The lowest BCUT2D eigenvalue weighted by Gasteiger charge is -2.28. The predicted octanol–water partition coefficient (Wildman–Crippen LogP) is 5.70. The summed E-state index contributed by atoms with van der Waals surface area (Å²) in [6.45, 7) is 8.25. The molecule has 0 aliphatic heterocycles. The lowest BCUT2D eigenvalue weighted by molar-refractivity contribution is 0.0638. The lowest BCUT2D eigenvalue weighted by atomic mass is 9.93. The fraction of sp³-hybridized carbons (Fsp3) is 0.632. The van der Waals surface area contributed by atoms with E-state index in [1.807, 2.05) is 44.2 Å². The molecule has 136 valence electrons. The predicted molar refractivity (Wildman–Crippen MR) is 103 cm³/mol. The van der Waals surface area contributed by atoms with Crippen molar-refractivity contribution in [3.05, 3.63) is 30.3 Å². The van der Waals surface area contributed by atoms with Crippen molar-refractivity contribution in [3.8, 4) is 0 Å². The Hall–Kier alpha value is -1.55. The zero-order chi connectivity index (χ0) is 17.5. The van der Waals surface area contributed by atoms with Gasteiger partial charge in [0.05, 0.1) is 6.10 Å². The van der Waals surface area contributed by atoms with Crippen molar-refractivity contribution in [1.29, 1.82) is 0 Å². The van der Waals surface area contributed by atoms with Gasteiger partial charge in [0, 0.05) is 21.7 Å². The van der Waals surface area contributed by atoms with Crippen LogP contribution in [0.1, 0.15) is 62.7 Å². The van der Waals surface area contributed by atoms with E-state index in [1.54, 1.807) is 7.11 Å². The Bertz CT molecular complexity index is 398. The van der Waals surface area contributed by atoms with E-state index in [2.05, 4.69) is 24.5 Å². The number of benzene rings is 1. The molecule has 4 nitrogen and oxygen atoms in total. The van der Waals surface area contributed by atoms with Gasteiger partial charge in [-0.2, -0.15) is 0 Å². The molecule has 0 saturated heterocycles. The molecule has 2 N–H and O–H groups in total. The van der Waals surface area contributed by atoms with E-state index >= 15 is 0 Å². The van der Waals surface area contributed by atoms with Gasteiger partial charge in [0.2, 0.25) is 0 Å². The van der Waals surface area contributed by atoms with E-state index < -0.39 is 0 Å². The fourth-order valence-corrected chi connectivity index (χ4v) is 2.32. The van der Waals surface area contributed by atoms with Crippen LogP contribution in [0.15, 0.2) is 30.3 Å². The van der Waals surface area contributed by atoms with Crippen LogP contribution in [0.25, 0.3) is 0 Å². The molecule has 1 fully saturated rings. The Morgan fingerprint density at radius 2 is 1.65 bits per heavy atom. The Morgan fingerprint density at radius 3 is 2.13 bits per heavy atom. The number of rotatable bonds is 3. The lowest BCUT2D eigenvalue weighted by Crippen LogP contribution is -2.41. The van der Waals surface area contributed by atoms with E-state index in [0.717, 1.165) is 31.4 Å². The third-order valence-corrected chi connectivity index (χ3v) is 3.37. The topological polar surface area (TPSA) is 50.4 Å². The van der Waals surface area contributed by atoms with Gasteiger partial charge in [-0.25, -0.2) is 4.79 Å². The zero-order valence-electron chi connectivity index (χ0n) is 15.4. The van der Waals surface area contributed by atoms with Crippen LogP contribution < -0.4 is 10.6 Å². The van der Waals surface area contributed by atoms with Crippen molar-refractivity contribution in [3.63, 3.8) is 0 Å². The van der Waals surface area contributed by atoms with Crippen LogP contribution in [-0.4, -0.2) is 25.3 Å². The van der Waals surface area contributed by atoms with Crippen LogP contribution in [-0.2, 0) is 4.74 Å². The first kappa shape index (κ1) is 21.4. The van der Waals surface area contributed by atoms with Crippen molar-refractivity contribution in [2.24, 2.45) is 0 Å². The number of hydrogen-bond donors (Lipinski definition) is 2. The average Bonchev–Trinajstić information content (AvgIpc) is 2.59. The van der Waals surface area contributed by atoms with Crippen molar-refractivity contribution in [2.75, 3.05) is 12.4 Å². The summed E-state index contributed by atoms with van der Waals surface area (Å²) in [7, 11) is 1.75. The fourth-order valence-electron chi connectivity index (χ4n) is 2.32. The maximum atomic E-state index is 11.8. The second-order valence-electron chi connectivity index (χ2n) is 5.38. The van der Waals surface area contributed by atoms with Crippen LogP contribution in [0.4, 0.5) is 10.5 Å². The van der Waals surface area contributed by atoms with E-state index in [1.165, 1.54) is 6.42 Å². The highest BCUT2D eigenvalue weighted by Gasteiger charge is 2.21. The maximum Gasteiger partial charge on any atom is 0.319 e. The third-order valence-electron chi connectivity index (χ3n) is 3.37. The minimum atomic E-state index is -0.123. The molecule has 0 spiro atoms. The monoisotopic (exact) mass is 326 g/mol. The quantitative estimate of drug-likeness (QED) is 0.748. The van der Waals surface area contributed by atoms with E-state index in [-0.39, 0.29) is 14.9 Å². The smallest absolute Gasteiger partial charge is 0.319 e. The number of urea groups is 1. The number of carbonyl (C=O) groups is 1. The molecule has 2 amide bonds. The first-order valence-electron chi connectivity index (χ1n) is 8.84. The van der Waals surface area contributed by atoms with Gasteiger partial charge in [0.15, 0.2) is 0 Å². The molecule has 0 atom stereocenters. The van der Waals surface area contributed by atoms with E-state index in [0.29, 0.717) is 6.10 Å². The van der Waals surface area contributed by atoms with Gasteiger partial charge >= 0.3 is 6.03 Å². The summed E-state index contributed by atoms with van der Waals surface area (Å²) in [5.74, 6) is 0. The van der Waals surface area contributed by atoms with Crippen LogP contribution in [0.2, 0.25) is 0 Å². The highest BCUT2D eigenvalue weighted by atomic mass is 16.5. The van der Waals surface area contributed by atoms with Crippen molar-refractivity contribution >= 4 is 11.7 Å². The molecule has 1 aliphatic rings. The summed E-state index contributed by atoms with van der Waals surface area (Å²) in [6, 6.07) is 9.62. The number of para-hydroxylation sites is 1. The first-order chi connectivity index (χ1) is 11.2. The zero-order valence-corrected chi connectivity index (χ0v) is 15.4. The molecular formula is C19H38N2O2. The summed E-state index contributed by atoms with van der Waals surface area (Å²) >= 11 is 0. The number of ether oxygens (including phenoxy) is 1. The molecular weight excluding hydrogens is 288 g/mol. The highest BCUT2D eigenvalue weighted by molar-refractivity contribution is 5.89. The van der Waals surface area contributed by atoms with Crippen LogP contribution >= 0.6 is 0 Å². The second kappa shape index (κ2) is 14.1. The van der Waals surface area contributed by atoms with Gasteiger partial charge in [-0.05, 0) is 37.8 Å². The molecule has 4 heteroatoms. The number of nitrogens with one attached hydrogen (secondary N) is 2. The molecule has 2 rings (SSSR count). The van der Waals surface area contributed by atoms with Crippen LogP contribution in [0, 0.1) is 0 Å². The van der Waals surface area contributed by atoms with Crippen molar-refractivity contribution in [1.82, 2.24) is 5.32 Å². The first-order valence-corrected chi connectivity index (χ1v) is 8.84. The van der Waals surface area contributed by atoms with Gasteiger partial charge in [-0.1, -0.05) is 52.3 Å². The van der Waals surface area contributed by atoms with Gasteiger partial charge in [0.1, 0.15) is 0 Å². The molecule has 0 heterocycles. The second-order valence-corrected chi connectivity index (χ2v) is 5.38. The largest absolute Gasteiger partial charge is 0.381 e. The Morgan fingerprint density at radius 1 is 1.13 bits per heavy atom. The van der Waals surface area contributed by atoms with Crippen molar-refractivity contribution < 1.29 is 12.4 Å². The van der Waals surface area contributed by atoms with Gasteiger partial charge in [0.25, 0.3) is 0 Å². The number of amides is 2. The SMILES string of the molecule is CC.CCC.COC1CCC(NC(=O)Nc2ccccc2)CC1.[HH].[HH]. The Kier molecular flexibility index (Phi) is 13.1.